The highest BCUT2D eigenvalue weighted by Gasteiger charge is 2.11. The third-order valence-electron chi connectivity index (χ3n) is 2.27. The minimum atomic E-state index is -2.51. The Kier molecular flexibility index (Phi) is 6.94. The maximum Gasteiger partial charge on any atom is 0.261 e. The Morgan fingerprint density at radius 2 is 2.16 bits per heavy atom. The molecule has 0 bridgehead atoms. The van der Waals surface area contributed by atoms with Crippen LogP contribution in [-0.2, 0) is 4.74 Å². The molecule has 1 rings (SSSR count). The monoisotopic (exact) mass is 336 g/mol. The lowest BCUT2D eigenvalue weighted by Crippen LogP contribution is -2.10. The molecule has 106 valence electrons. The van der Waals surface area contributed by atoms with Crippen LogP contribution in [0.15, 0.2) is 22.7 Å². The van der Waals surface area contributed by atoms with Gasteiger partial charge in [-0.15, -0.1) is 0 Å². The lowest BCUT2D eigenvalue weighted by atomic mass is 10.1. The molecule has 0 saturated heterocycles. The number of benzene rings is 1. The second-order valence-electron chi connectivity index (χ2n) is 3.71. The molecule has 0 atom stereocenters. The number of Topliss-reactive ketones (excluding diaryl/α,β-unsaturated/α-hetero) is 1. The van der Waals surface area contributed by atoms with Crippen LogP contribution >= 0.6 is 15.9 Å². The van der Waals surface area contributed by atoms with E-state index < -0.39 is 13.0 Å². The molecule has 0 saturated carbocycles. The molecule has 0 heterocycles. The first kappa shape index (κ1) is 16.0. The molecule has 0 radical (unpaired) electrons. The quantitative estimate of drug-likeness (QED) is 0.536. The summed E-state index contributed by atoms with van der Waals surface area (Å²) >= 11 is 3.29. The molecule has 0 fully saturated rings. The van der Waals surface area contributed by atoms with Gasteiger partial charge in [0, 0.05) is 16.5 Å². The van der Waals surface area contributed by atoms with Crippen molar-refractivity contribution in [2.45, 2.75) is 19.8 Å². The van der Waals surface area contributed by atoms with Crippen LogP contribution in [0.2, 0.25) is 0 Å². The third kappa shape index (κ3) is 5.65. The van der Waals surface area contributed by atoms with Crippen LogP contribution < -0.4 is 4.74 Å². The average molecular weight is 337 g/mol. The fourth-order valence-corrected chi connectivity index (χ4v) is 2.03. The lowest BCUT2D eigenvalue weighted by Gasteiger charge is -2.08. The number of rotatable bonds is 8. The van der Waals surface area contributed by atoms with Gasteiger partial charge in [-0.25, -0.2) is 8.78 Å². The molecule has 19 heavy (non-hydrogen) atoms. The van der Waals surface area contributed by atoms with Gasteiger partial charge in [0.05, 0.1) is 13.2 Å². The van der Waals surface area contributed by atoms with Crippen molar-refractivity contribution in [3.8, 4) is 5.75 Å². The Balaban J connectivity index is 2.52. The normalized spacial score (nSPS) is 10.8. The van der Waals surface area contributed by atoms with Crippen molar-refractivity contribution in [1.82, 2.24) is 0 Å². The molecular formula is C13H15BrF2O3. The molecule has 0 aliphatic heterocycles. The van der Waals surface area contributed by atoms with Crippen molar-refractivity contribution >= 4 is 21.7 Å². The molecular weight excluding hydrogens is 322 g/mol. The first-order chi connectivity index (χ1) is 9.04. The number of hydrogen-bond donors (Lipinski definition) is 0. The Morgan fingerprint density at radius 3 is 2.74 bits per heavy atom. The van der Waals surface area contributed by atoms with Gasteiger partial charge in [0.1, 0.15) is 12.4 Å². The molecule has 1 aromatic carbocycles. The fourth-order valence-electron chi connectivity index (χ4n) is 1.45. The Hall–Kier alpha value is -1.01. The van der Waals surface area contributed by atoms with Gasteiger partial charge in [-0.2, -0.15) is 0 Å². The highest BCUT2D eigenvalue weighted by Crippen LogP contribution is 2.24. The molecule has 0 aliphatic rings. The highest BCUT2D eigenvalue weighted by molar-refractivity contribution is 9.10. The Bertz CT molecular complexity index is 424. The summed E-state index contributed by atoms with van der Waals surface area (Å²) in [6, 6.07) is 5.04. The maximum absolute atomic E-state index is 11.8. The van der Waals surface area contributed by atoms with Crippen LogP contribution in [0.5, 0.6) is 5.75 Å². The summed E-state index contributed by atoms with van der Waals surface area (Å²) in [7, 11) is 0. The molecule has 0 unspecified atom stereocenters. The van der Waals surface area contributed by atoms with Gasteiger partial charge in [-0.05, 0) is 41.1 Å². The summed E-state index contributed by atoms with van der Waals surface area (Å²) in [5.74, 6) is 0.504. The van der Waals surface area contributed by atoms with E-state index in [2.05, 4.69) is 20.7 Å². The van der Waals surface area contributed by atoms with E-state index in [1.807, 2.05) is 6.92 Å². The minimum Gasteiger partial charge on any atom is -0.494 e. The highest BCUT2D eigenvalue weighted by atomic mass is 79.9. The lowest BCUT2D eigenvalue weighted by molar-refractivity contribution is 0.0169. The van der Waals surface area contributed by atoms with E-state index in [9.17, 15) is 13.6 Å². The molecule has 0 N–H and O–H groups in total. The third-order valence-corrected chi connectivity index (χ3v) is 2.93. The number of alkyl halides is 2. The predicted molar refractivity (Wildman–Crippen MR) is 71.1 cm³/mol. The van der Waals surface area contributed by atoms with E-state index >= 15 is 0 Å². The van der Waals surface area contributed by atoms with Crippen molar-refractivity contribution in [2.24, 2.45) is 0 Å². The van der Waals surface area contributed by atoms with Gasteiger partial charge in [-0.1, -0.05) is 0 Å². The molecule has 3 nitrogen and oxygen atoms in total. The summed E-state index contributed by atoms with van der Waals surface area (Å²) in [5.41, 5.74) is 0.490. The van der Waals surface area contributed by atoms with E-state index in [1.165, 1.54) is 0 Å². The second-order valence-corrected chi connectivity index (χ2v) is 4.57. The maximum atomic E-state index is 11.8. The molecule has 0 aromatic heterocycles. The number of hydrogen-bond acceptors (Lipinski definition) is 3. The number of carbonyl (C=O) groups is 1. The predicted octanol–water partition coefficient (Wildman–Crippen LogP) is 3.70. The zero-order chi connectivity index (χ0) is 14.3. The Labute approximate surface area is 119 Å². The van der Waals surface area contributed by atoms with E-state index in [4.69, 9.17) is 4.74 Å². The van der Waals surface area contributed by atoms with Gasteiger partial charge in [0.15, 0.2) is 5.78 Å². The van der Waals surface area contributed by atoms with E-state index in [1.54, 1.807) is 18.2 Å². The average Bonchev–Trinajstić information content (AvgIpc) is 2.34. The van der Waals surface area contributed by atoms with E-state index in [0.29, 0.717) is 22.4 Å². The number of halogens is 3. The molecule has 0 spiro atoms. The SMILES string of the molecule is CCOc1ccc(C(=O)CCOCC(F)F)c(Br)c1. The zero-order valence-corrected chi connectivity index (χ0v) is 12.1. The zero-order valence-electron chi connectivity index (χ0n) is 10.5. The summed E-state index contributed by atoms with van der Waals surface area (Å²) in [6.07, 6.45) is -2.44. The Morgan fingerprint density at radius 1 is 1.42 bits per heavy atom. The first-order valence-corrected chi connectivity index (χ1v) is 6.65. The van der Waals surface area contributed by atoms with Crippen molar-refractivity contribution in [2.75, 3.05) is 19.8 Å². The molecule has 0 amide bonds. The largest absolute Gasteiger partial charge is 0.494 e. The van der Waals surface area contributed by atoms with Crippen LogP contribution in [0, 0.1) is 0 Å². The van der Waals surface area contributed by atoms with Crippen LogP contribution in [0.1, 0.15) is 23.7 Å². The van der Waals surface area contributed by atoms with Crippen LogP contribution in [-0.4, -0.2) is 32.0 Å². The topological polar surface area (TPSA) is 35.5 Å². The number of ketones is 1. The van der Waals surface area contributed by atoms with E-state index in [0.717, 1.165) is 0 Å². The number of carbonyl (C=O) groups excluding carboxylic acids is 1. The first-order valence-electron chi connectivity index (χ1n) is 5.86. The van der Waals surface area contributed by atoms with Gasteiger partial charge >= 0.3 is 0 Å². The summed E-state index contributed by atoms with van der Waals surface area (Å²) < 4.78 is 34.3. The van der Waals surface area contributed by atoms with Gasteiger partial charge in [0.2, 0.25) is 0 Å². The van der Waals surface area contributed by atoms with Gasteiger partial charge < -0.3 is 9.47 Å². The van der Waals surface area contributed by atoms with Crippen molar-refractivity contribution < 1.29 is 23.0 Å². The molecule has 1 aromatic rings. The standard InChI is InChI=1S/C13H15BrF2O3/c1-2-19-9-3-4-10(11(14)7-9)12(17)5-6-18-8-13(15)16/h3-4,7,13H,2,5-6,8H2,1H3. The summed E-state index contributed by atoms with van der Waals surface area (Å²) in [6.45, 7) is 1.76. The van der Waals surface area contributed by atoms with Crippen molar-refractivity contribution in [3.05, 3.63) is 28.2 Å². The summed E-state index contributed by atoms with van der Waals surface area (Å²) in [5, 5.41) is 0. The molecule has 0 aliphatic carbocycles. The molecule has 6 heteroatoms. The second kappa shape index (κ2) is 8.22. The van der Waals surface area contributed by atoms with Gasteiger partial charge in [0.25, 0.3) is 6.43 Å². The number of ether oxygens (including phenoxy) is 2. The minimum absolute atomic E-state index is 0.0111. The van der Waals surface area contributed by atoms with Gasteiger partial charge in [-0.3, -0.25) is 4.79 Å². The van der Waals surface area contributed by atoms with Crippen molar-refractivity contribution in [3.63, 3.8) is 0 Å². The fraction of sp³-hybridized carbons (Fsp3) is 0.462. The smallest absolute Gasteiger partial charge is 0.261 e. The summed E-state index contributed by atoms with van der Waals surface area (Å²) in [4.78, 5) is 11.8. The van der Waals surface area contributed by atoms with Crippen molar-refractivity contribution in [1.29, 1.82) is 0 Å². The van der Waals surface area contributed by atoms with Crippen LogP contribution in [0.4, 0.5) is 8.78 Å². The van der Waals surface area contributed by atoms with Crippen LogP contribution in [0.25, 0.3) is 0 Å². The van der Waals surface area contributed by atoms with E-state index in [-0.39, 0.29) is 18.8 Å². The van der Waals surface area contributed by atoms with Crippen LogP contribution in [0.3, 0.4) is 0 Å².